The molecule has 0 aliphatic heterocycles. The molecule has 0 amide bonds. The molecule has 0 radical (unpaired) electrons. The van der Waals surface area contributed by atoms with E-state index in [1.807, 2.05) is 0 Å². The van der Waals surface area contributed by atoms with Crippen LogP contribution in [-0.4, -0.2) is 27.3 Å². The second-order valence-corrected chi connectivity index (χ2v) is 5.73. The highest BCUT2D eigenvalue weighted by Crippen LogP contribution is 2.16. The van der Waals surface area contributed by atoms with Crippen LogP contribution in [0.3, 0.4) is 0 Å². The molecule has 0 fully saturated rings. The maximum Gasteiger partial charge on any atom is 0.315 e. The lowest BCUT2D eigenvalue weighted by molar-refractivity contribution is 0.202. The van der Waals surface area contributed by atoms with Crippen LogP contribution in [0.4, 0.5) is 0 Å². The number of rotatable bonds is 7. The quantitative estimate of drug-likeness (QED) is 0.725. The molecule has 0 aliphatic carbocycles. The predicted molar refractivity (Wildman–Crippen MR) is 71.8 cm³/mol. The smallest absolute Gasteiger partial charge is 0.315 e. The Bertz CT molecular complexity index is 619. The van der Waals surface area contributed by atoms with Gasteiger partial charge >= 0.3 is 10.1 Å². The van der Waals surface area contributed by atoms with Crippen LogP contribution in [0, 0.1) is 0 Å². The summed E-state index contributed by atoms with van der Waals surface area (Å²) in [5.41, 5.74) is 1.36. The van der Waals surface area contributed by atoms with Crippen LogP contribution in [0.15, 0.2) is 41.1 Å². The molecule has 2 rings (SSSR count). The normalized spacial score (nSPS) is 11.4. The van der Waals surface area contributed by atoms with Gasteiger partial charge in [0.05, 0.1) is 6.61 Å². The van der Waals surface area contributed by atoms with Gasteiger partial charge in [-0.15, -0.1) is 0 Å². The second-order valence-electron chi connectivity index (χ2n) is 4.16. The van der Waals surface area contributed by atoms with Crippen molar-refractivity contribution < 1.29 is 21.9 Å². The average molecular weight is 297 g/mol. The first-order valence-corrected chi connectivity index (χ1v) is 7.56. The fourth-order valence-corrected chi connectivity index (χ4v) is 2.58. The van der Waals surface area contributed by atoms with Gasteiger partial charge < -0.3 is 13.4 Å². The molecular weight excluding hydrogens is 282 g/mol. The summed E-state index contributed by atoms with van der Waals surface area (Å²) < 4.78 is 38.1. The van der Waals surface area contributed by atoms with Crippen molar-refractivity contribution in [2.75, 3.05) is 13.7 Å². The first-order chi connectivity index (χ1) is 9.59. The van der Waals surface area contributed by atoms with Crippen molar-refractivity contribution in [3.05, 3.63) is 47.9 Å². The fraction of sp³-hybridized carbons (Fsp3) is 0.308. The van der Waals surface area contributed by atoms with Crippen molar-refractivity contribution in [3.63, 3.8) is 0 Å². The molecule has 0 bridgehead atoms. The number of methoxy groups -OCH3 is 1. The van der Waals surface area contributed by atoms with Gasteiger partial charge in [0.25, 0.3) is 0 Å². The Morgan fingerprint density at radius 3 is 2.55 bits per heavy atom. The van der Waals surface area contributed by atoms with Crippen molar-refractivity contribution in [1.82, 2.24) is 5.16 Å². The average Bonchev–Trinajstić information content (AvgIpc) is 2.89. The maximum absolute atomic E-state index is 11.8. The number of hydrogen-bond donors (Lipinski definition) is 0. The topological polar surface area (TPSA) is 78.6 Å². The standard InChI is InChI=1S/C13H15NO5S/c1-17-8-6-11-2-4-13(5-3-11)19-20(15,16)10-12-7-9-18-14-12/h2-5,7,9H,6,8,10H2,1H3. The van der Waals surface area contributed by atoms with E-state index in [4.69, 9.17) is 8.92 Å². The van der Waals surface area contributed by atoms with Crippen LogP contribution in [0.25, 0.3) is 0 Å². The number of benzene rings is 1. The van der Waals surface area contributed by atoms with Gasteiger partial charge in [0.15, 0.2) is 0 Å². The molecule has 108 valence electrons. The molecule has 0 aliphatic rings. The van der Waals surface area contributed by atoms with Crippen molar-refractivity contribution in [1.29, 1.82) is 0 Å². The van der Waals surface area contributed by atoms with Crippen LogP contribution < -0.4 is 4.18 Å². The summed E-state index contributed by atoms with van der Waals surface area (Å²) in [6.45, 7) is 0.616. The molecule has 6 nitrogen and oxygen atoms in total. The van der Waals surface area contributed by atoms with Gasteiger partial charge in [-0.3, -0.25) is 0 Å². The predicted octanol–water partition coefficient (Wildman–Crippen LogP) is 1.77. The molecule has 1 heterocycles. The lowest BCUT2D eigenvalue weighted by atomic mass is 10.1. The molecule has 0 unspecified atom stereocenters. The Labute approximate surface area is 117 Å². The van der Waals surface area contributed by atoms with Crippen LogP contribution in [0.1, 0.15) is 11.3 Å². The molecule has 0 saturated heterocycles. The van der Waals surface area contributed by atoms with Crippen molar-refractivity contribution in [2.45, 2.75) is 12.2 Å². The minimum atomic E-state index is -3.73. The Hall–Kier alpha value is -1.86. The highest BCUT2D eigenvalue weighted by Gasteiger charge is 2.16. The zero-order valence-corrected chi connectivity index (χ0v) is 11.8. The molecule has 7 heteroatoms. The Morgan fingerprint density at radius 1 is 1.20 bits per heavy atom. The van der Waals surface area contributed by atoms with E-state index in [2.05, 4.69) is 9.68 Å². The first-order valence-electron chi connectivity index (χ1n) is 5.98. The molecule has 2 aromatic rings. The first kappa shape index (κ1) is 14.5. The van der Waals surface area contributed by atoms with Crippen LogP contribution in [-0.2, 0) is 27.0 Å². The summed E-state index contributed by atoms with van der Waals surface area (Å²) in [5.74, 6) is -0.0516. The minimum absolute atomic E-state index is 0.273. The van der Waals surface area contributed by atoms with E-state index < -0.39 is 10.1 Å². The number of ether oxygens (including phenoxy) is 1. The number of aromatic nitrogens is 1. The Morgan fingerprint density at radius 2 is 1.95 bits per heavy atom. The zero-order chi connectivity index (χ0) is 14.4. The van der Waals surface area contributed by atoms with E-state index in [1.165, 1.54) is 12.3 Å². The Balaban J connectivity index is 1.98. The summed E-state index contributed by atoms with van der Waals surface area (Å²) in [6, 6.07) is 8.32. The third-order valence-electron chi connectivity index (χ3n) is 2.56. The summed E-state index contributed by atoms with van der Waals surface area (Å²) in [5, 5.41) is 3.54. The second kappa shape index (κ2) is 6.53. The molecule has 0 saturated carbocycles. The van der Waals surface area contributed by atoms with Gasteiger partial charge in [0, 0.05) is 13.2 Å². The van der Waals surface area contributed by atoms with Gasteiger partial charge in [-0.2, -0.15) is 8.42 Å². The summed E-state index contributed by atoms with van der Waals surface area (Å²) in [4.78, 5) is 0. The van der Waals surface area contributed by atoms with Crippen molar-refractivity contribution in [2.24, 2.45) is 0 Å². The number of hydrogen-bond acceptors (Lipinski definition) is 6. The molecule has 0 spiro atoms. The van der Waals surface area contributed by atoms with Gasteiger partial charge in [0.2, 0.25) is 0 Å². The fourth-order valence-electron chi connectivity index (χ4n) is 1.60. The van der Waals surface area contributed by atoms with Gasteiger partial charge in [-0.05, 0) is 24.1 Å². The Kier molecular flexibility index (Phi) is 4.75. The number of nitrogens with zero attached hydrogens (tertiary/aromatic N) is 1. The van der Waals surface area contributed by atoms with E-state index in [0.29, 0.717) is 12.3 Å². The highest BCUT2D eigenvalue weighted by molar-refractivity contribution is 7.86. The zero-order valence-electron chi connectivity index (χ0n) is 11.0. The van der Waals surface area contributed by atoms with Gasteiger partial charge in [-0.25, -0.2) is 0 Å². The molecule has 1 aromatic heterocycles. The van der Waals surface area contributed by atoms with E-state index in [0.717, 1.165) is 12.0 Å². The van der Waals surface area contributed by atoms with E-state index in [1.54, 1.807) is 31.4 Å². The van der Waals surface area contributed by atoms with Crippen LogP contribution in [0.5, 0.6) is 5.75 Å². The third kappa shape index (κ3) is 4.36. The minimum Gasteiger partial charge on any atom is -0.384 e. The monoisotopic (exact) mass is 297 g/mol. The highest BCUT2D eigenvalue weighted by atomic mass is 32.2. The molecular formula is C13H15NO5S. The van der Waals surface area contributed by atoms with Crippen LogP contribution >= 0.6 is 0 Å². The summed E-state index contributed by atoms with van der Waals surface area (Å²) in [6.07, 6.45) is 2.08. The van der Waals surface area contributed by atoms with E-state index >= 15 is 0 Å². The van der Waals surface area contributed by atoms with Gasteiger partial charge in [0.1, 0.15) is 23.5 Å². The maximum atomic E-state index is 11.8. The van der Waals surface area contributed by atoms with Crippen molar-refractivity contribution in [3.8, 4) is 5.75 Å². The lowest BCUT2D eigenvalue weighted by Gasteiger charge is -2.06. The van der Waals surface area contributed by atoms with E-state index in [-0.39, 0.29) is 11.5 Å². The molecule has 0 atom stereocenters. The molecule has 20 heavy (non-hydrogen) atoms. The SMILES string of the molecule is COCCc1ccc(OS(=O)(=O)Cc2ccon2)cc1. The lowest BCUT2D eigenvalue weighted by Crippen LogP contribution is -2.12. The largest absolute Gasteiger partial charge is 0.384 e. The summed E-state index contributed by atoms with van der Waals surface area (Å²) >= 11 is 0. The van der Waals surface area contributed by atoms with E-state index in [9.17, 15) is 8.42 Å². The molecule has 1 aromatic carbocycles. The van der Waals surface area contributed by atoms with Crippen molar-refractivity contribution >= 4 is 10.1 Å². The van der Waals surface area contributed by atoms with Crippen LogP contribution in [0.2, 0.25) is 0 Å². The molecule has 0 N–H and O–H groups in total. The van der Waals surface area contributed by atoms with Gasteiger partial charge in [-0.1, -0.05) is 17.3 Å². The summed E-state index contributed by atoms with van der Waals surface area (Å²) in [7, 11) is -2.10. The third-order valence-corrected chi connectivity index (χ3v) is 3.65.